The number of nitrogens with zero attached hydrogens (tertiary/aromatic N) is 2. The molecule has 4 nitrogen and oxygen atoms in total. The van der Waals surface area contributed by atoms with E-state index in [0.717, 1.165) is 16.5 Å². The number of hydrogen-bond acceptors (Lipinski definition) is 4. The molecule has 0 amide bonds. The van der Waals surface area contributed by atoms with Gasteiger partial charge in [0.25, 0.3) is 0 Å². The second kappa shape index (κ2) is 3.69. The standard InChI is InChI=1S/C10H11N3O/c11-9(6-14)8-3-7-1-2-12-5-10(7)13-4-8/h1-5,9,14H,6,11H2. The Balaban J connectivity index is 2.51. The van der Waals surface area contributed by atoms with Gasteiger partial charge in [-0.2, -0.15) is 0 Å². The minimum Gasteiger partial charge on any atom is -0.394 e. The van der Waals surface area contributed by atoms with Crippen LogP contribution < -0.4 is 5.73 Å². The van der Waals surface area contributed by atoms with Crippen LogP contribution in [-0.2, 0) is 0 Å². The number of pyridine rings is 2. The Morgan fingerprint density at radius 1 is 1.43 bits per heavy atom. The number of aromatic nitrogens is 2. The fraction of sp³-hybridized carbons (Fsp3) is 0.200. The minimum atomic E-state index is -0.361. The molecule has 0 aliphatic rings. The lowest BCUT2D eigenvalue weighted by Gasteiger charge is -2.08. The van der Waals surface area contributed by atoms with E-state index in [0.29, 0.717) is 0 Å². The van der Waals surface area contributed by atoms with Gasteiger partial charge in [-0.1, -0.05) is 0 Å². The van der Waals surface area contributed by atoms with Gasteiger partial charge >= 0.3 is 0 Å². The molecule has 0 aliphatic heterocycles. The van der Waals surface area contributed by atoms with Crippen molar-refractivity contribution < 1.29 is 5.11 Å². The first-order valence-corrected chi connectivity index (χ1v) is 4.37. The molecular weight excluding hydrogens is 178 g/mol. The molecule has 2 aromatic rings. The van der Waals surface area contributed by atoms with Gasteiger partial charge in [0.05, 0.1) is 24.4 Å². The Bertz CT molecular complexity index is 444. The van der Waals surface area contributed by atoms with E-state index in [2.05, 4.69) is 9.97 Å². The Morgan fingerprint density at radius 3 is 3.07 bits per heavy atom. The molecule has 14 heavy (non-hydrogen) atoms. The Kier molecular flexibility index (Phi) is 2.39. The Hall–Kier alpha value is -1.52. The van der Waals surface area contributed by atoms with Crippen LogP contribution in [0.2, 0.25) is 0 Å². The summed E-state index contributed by atoms with van der Waals surface area (Å²) >= 11 is 0. The molecule has 0 bridgehead atoms. The zero-order valence-corrected chi connectivity index (χ0v) is 7.59. The topological polar surface area (TPSA) is 72.0 Å². The Labute approximate surface area is 81.4 Å². The van der Waals surface area contributed by atoms with Crippen LogP contribution in [0, 0.1) is 0 Å². The maximum atomic E-state index is 8.90. The monoisotopic (exact) mass is 189 g/mol. The molecule has 3 N–H and O–H groups in total. The van der Waals surface area contributed by atoms with Crippen molar-refractivity contribution in [1.82, 2.24) is 9.97 Å². The zero-order valence-electron chi connectivity index (χ0n) is 7.59. The molecule has 4 heteroatoms. The average molecular weight is 189 g/mol. The van der Waals surface area contributed by atoms with Gasteiger partial charge in [-0.15, -0.1) is 0 Å². The van der Waals surface area contributed by atoms with Gasteiger partial charge < -0.3 is 10.8 Å². The van der Waals surface area contributed by atoms with Gasteiger partial charge in [0.2, 0.25) is 0 Å². The molecular formula is C10H11N3O. The van der Waals surface area contributed by atoms with Crippen molar-refractivity contribution in [3.05, 3.63) is 36.3 Å². The molecule has 0 saturated heterocycles. The first-order valence-electron chi connectivity index (χ1n) is 4.37. The normalized spacial score (nSPS) is 13.0. The summed E-state index contributed by atoms with van der Waals surface area (Å²) in [7, 11) is 0. The highest BCUT2D eigenvalue weighted by atomic mass is 16.3. The lowest BCUT2D eigenvalue weighted by molar-refractivity contribution is 0.268. The molecule has 2 heterocycles. The van der Waals surface area contributed by atoms with Gasteiger partial charge in [0.1, 0.15) is 0 Å². The highest BCUT2D eigenvalue weighted by molar-refractivity contribution is 5.77. The van der Waals surface area contributed by atoms with Crippen molar-refractivity contribution in [1.29, 1.82) is 0 Å². The summed E-state index contributed by atoms with van der Waals surface area (Å²) in [5.74, 6) is 0. The van der Waals surface area contributed by atoms with E-state index in [-0.39, 0.29) is 12.6 Å². The van der Waals surface area contributed by atoms with Crippen LogP contribution in [-0.4, -0.2) is 21.7 Å². The van der Waals surface area contributed by atoms with E-state index in [1.807, 2.05) is 12.1 Å². The molecule has 0 fully saturated rings. The number of fused-ring (bicyclic) bond motifs is 1. The first kappa shape index (κ1) is 9.05. The van der Waals surface area contributed by atoms with E-state index in [1.165, 1.54) is 0 Å². The fourth-order valence-corrected chi connectivity index (χ4v) is 1.30. The fourth-order valence-electron chi connectivity index (χ4n) is 1.30. The summed E-state index contributed by atoms with van der Waals surface area (Å²) in [5.41, 5.74) is 7.35. The summed E-state index contributed by atoms with van der Waals surface area (Å²) in [6.45, 7) is -0.0712. The second-order valence-electron chi connectivity index (χ2n) is 3.13. The first-order chi connectivity index (χ1) is 6.81. The van der Waals surface area contributed by atoms with E-state index in [4.69, 9.17) is 10.8 Å². The maximum absolute atomic E-state index is 8.90. The van der Waals surface area contributed by atoms with Crippen LogP contribution in [0.25, 0.3) is 10.9 Å². The van der Waals surface area contributed by atoms with E-state index >= 15 is 0 Å². The molecule has 0 saturated carbocycles. The number of aliphatic hydroxyl groups excluding tert-OH is 1. The van der Waals surface area contributed by atoms with Gasteiger partial charge in [-0.05, 0) is 17.7 Å². The lowest BCUT2D eigenvalue weighted by Crippen LogP contribution is -2.14. The summed E-state index contributed by atoms with van der Waals surface area (Å²) in [6, 6.07) is 3.43. The van der Waals surface area contributed by atoms with Crippen LogP contribution in [0.5, 0.6) is 0 Å². The van der Waals surface area contributed by atoms with Gasteiger partial charge in [0, 0.05) is 17.8 Å². The van der Waals surface area contributed by atoms with Crippen LogP contribution in [0.15, 0.2) is 30.7 Å². The van der Waals surface area contributed by atoms with Crippen molar-refractivity contribution in [2.24, 2.45) is 5.73 Å². The third-order valence-corrected chi connectivity index (χ3v) is 2.13. The van der Waals surface area contributed by atoms with Crippen molar-refractivity contribution in [2.75, 3.05) is 6.61 Å². The predicted molar refractivity (Wildman–Crippen MR) is 53.6 cm³/mol. The molecule has 0 radical (unpaired) electrons. The van der Waals surface area contributed by atoms with E-state index in [9.17, 15) is 0 Å². The van der Waals surface area contributed by atoms with Crippen LogP contribution in [0.1, 0.15) is 11.6 Å². The average Bonchev–Trinajstić information content (AvgIpc) is 2.27. The maximum Gasteiger partial charge on any atom is 0.0885 e. The van der Waals surface area contributed by atoms with Crippen LogP contribution >= 0.6 is 0 Å². The van der Waals surface area contributed by atoms with Crippen molar-refractivity contribution in [2.45, 2.75) is 6.04 Å². The largest absolute Gasteiger partial charge is 0.394 e. The molecule has 2 rings (SSSR count). The highest BCUT2D eigenvalue weighted by Gasteiger charge is 2.05. The minimum absolute atomic E-state index is 0.0712. The summed E-state index contributed by atoms with van der Waals surface area (Å²) in [5, 5.41) is 9.88. The zero-order chi connectivity index (χ0) is 9.97. The molecule has 1 unspecified atom stereocenters. The molecule has 2 aromatic heterocycles. The SMILES string of the molecule is NC(CO)c1cnc2cnccc2c1. The van der Waals surface area contributed by atoms with Crippen LogP contribution in [0.3, 0.4) is 0 Å². The van der Waals surface area contributed by atoms with Crippen molar-refractivity contribution >= 4 is 10.9 Å². The molecule has 0 spiro atoms. The third kappa shape index (κ3) is 1.57. The number of nitrogens with two attached hydrogens (primary N) is 1. The smallest absolute Gasteiger partial charge is 0.0885 e. The van der Waals surface area contributed by atoms with E-state index < -0.39 is 0 Å². The quantitative estimate of drug-likeness (QED) is 0.726. The highest BCUT2D eigenvalue weighted by Crippen LogP contribution is 2.15. The summed E-state index contributed by atoms with van der Waals surface area (Å²) in [6.07, 6.45) is 5.08. The van der Waals surface area contributed by atoms with Crippen molar-refractivity contribution in [3.63, 3.8) is 0 Å². The summed E-state index contributed by atoms with van der Waals surface area (Å²) in [4.78, 5) is 8.16. The molecule has 0 aliphatic carbocycles. The van der Waals surface area contributed by atoms with Gasteiger partial charge in [0.15, 0.2) is 0 Å². The third-order valence-electron chi connectivity index (χ3n) is 2.13. The molecule has 72 valence electrons. The van der Waals surface area contributed by atoms with E-state index in [1.54, 1.807) is 18.6 Å². The second-order valence-corrected chi connectivity index (χ2v) is 3.13. The van der Waals surface area contributed by atoms with Gasteiger partial charge in [-0.3, -0.25) is 9.97 Å². The lowest BCUT2D eigenvalue weighted by atomic mass is 10.1. The summed E-state index contributed by atoms with van der Waals surface area (Å²) < 4.78 is 0. The predicted octanol–water partition coefficient (Wildman–Crippen LogP) is 0.622. The Morgan fingerprint density at radius 2 is 2.29 bits per heavy atom. The molecule has 0 aromatic carbocycles. The number of hydrogen-bond donors (Lipinski definition) is 2. The van der Waals surface area contributed by atoms with Crippen molar-refractivity contribution in [3.8, 4) is 0 Å². The van der Waals surface area contributed by atoms with Crippen LogP contribution in [0.4, 0.5) is 0 Å². The number of rotatable bonds is 2. The van der Waals surface area contributed by atoms with Gasteiger partial charge in [-0.25, -0.2) is 0 Å². The number of aliphatic hydroxyl groups is 1. The molecule has 1 atom stereocenters.